The quantitative estimate of drug-likeness (QED) is 0.223. The van der Waals surface area contributed by atoms with Crippen molar-refractivity contribution in [3.63, 3.8) is 0 Å². The molecule has 0 rings (SSSR count). The first-order valence-corrected chi connectivity index (χ1v) is 3.77. The van der Waals surface area contributed by atoms with Gasteiger partial charge in [0.25, 0.3) is 0 Å². The van der Waals surface area contributed by atoms with Crippen LogP contribution in [-0.4, -0.2) is 68.6 Å². The van der Waals surface area contributed by atoms with E-state index in [1.54, 1.807) is 0 Å². The van der Waals surface area contributed by atoms with Gasteiger partial charge in [-0.3, -0.25) is 9.59 Å². The zero-order valence-corrected chi connectivity index (χ0v) is 7.15. The van der Waals surface area contributed by atoms with Crippen LogP contribution in [0.1, 0.15) is 0 Å². The summed E-state index contributed by atoms with van der Waals surface area (Å²) < 4.78 is 0. The average Bonchev–Trinajstić information content (AvgIpc) is 2.23. The number of carbonyl (C=O) groups is 2. The van der Waals surface area contributed by atoms with Gasteiger partial charge < -0.3 is 25.5 Å². The normalized spacial score (nSPS) is 19.5. The van der Waals surface area contributed by atoms with Gasteiger partial charge in [0.1, 0.15) is 24.4 Å². The van der Waals surface area contributed by atoms with Gasteiger partial charge in [-0.25, -0.2) is 0 Å². The lowest BCUT2D eigenvalue weighted by Crippen LogP contribution is -2.48. The first-order chi connectivity index (χ1) is 6.45. The van der Waals surface area contributed by atoms with Gasteiger partial charge in [0.05, 0.1) is 6.61 Å². The Balaban J connectivity index is 4.37. The Labute approximate surface area is 79.2 Å². The van der Waals surface area contributed by atoms with Crippen molar-refractivity contribution in [2.24, 2.45) is 0 Å². The van der Waals surface area contributed by atoms with Crippen LogP contribution in [0.4, 0.5) is 0 Å². The van der Waals surface area contributed by atoms with Gasteiger partial charge in [-0.05, 0) is 0 Å². The zero-order chi connectivity index (χ0) is 11.3. The van der Waals surface area contributed by atoms with Crippen molar-refractivity contribution in [1.29, 1.82) is 0 Å². The summed E-state index contributed by atoms with van der Waals surface area (Å²) in [6.45, 7) is -0.847. The Morgan fingerprint density at radius 1 is 1.14 bits per heavy atom. The number of rotatable bonds is 6. The average molecular weight is 208 g/mol. The SMILES string of the molecule is O=CC(=O)[C@@H](O)[C@@H](O)[C@H](O)[C@H](O)CO. The molecule has 4 atom stereocenters. The number of hydrogen-bond acceptors (Lipinski definition) is 7. The molecule has 7 nitrogen and oxygen atoms in total. The number of aliphatic hydroxyl groups is 5. The van der Waals surface area contributed by atoms with E-state index < -0.39 is 36.8 Å². The third kappa shape index (κ3) is 3.13. The standard InChI is InChI=1S/C7H12O7/c8-1-3(10)5(12)7(14)6(13)4(11)2-9/h1,4-7,9,11-14H,2H2/t4-,5-,6-,7-/m1/s1. The van der Waals surface area contributed by atoms with Gasteiger partial charge >= 0.3 is 0 Å². The fourth-order valence-electron chi connectivity index (χ4n) is 0.760. The van der Waals surface area contributed by atoms with Crippen molar-refractivity contribution in [3.8, 4) is 0 Å². The van der Waals surface area contributed by atoms with Crippen LogP contribution < -0.4 is 0 Å². The molecule has 0 spiro atoms. The molecule has 0 saturated heterocycles. The van der Waals surface area contributed by atoms with E-state index in [9.17, 15) is 9.59 Å². The highest BCUT2D eigenvalue weighted by Gasteiger charge is 2.33. The molecular weight excluding hydrogens is 196 g/mol. The Kier molecular flexibility index (Phi) is 5.43. The molecule has 0 saturated carbocycles. The molecule has 0 aromatic rings. The van der Waals surface area contributed by atoms with Crippen LogP contribution in [0.5, 0.6) is 0 Å². The summed E-state index contributed by atoms with van der Waals surface area (Å²) in [7, 11) is 0. The fourth-order valence-corrected chi connectivity index (χ4v) is 0.760. The molecule has 0 bridgehead atoms. The molecule has 0 aromatic carbocycles. The predicted molar refractivity (Wildman–Crippen MR) is 42.2 cm³/mol. The molecule has 0 unspecified atom stereocenters. The first-order valence-electron chi connectivity index (χ1n) is 3.77. The van der Waals surface area contributed by atoms with E-state index in [2.05, 4.69) is 0 Å². The summed E-state index contributed by atoms with van der Waals surface area (Å²) in [6.07, 6.45) is -7.94. The summed E-state index contributed by atoms with van der Waals surface area (Å²) in [5, 5.41) is 44.2. The summed E-state index contributed by atoms with van der Waals surface area (Å²) in [6, 6.07) is 0. The van der Waals surface area contributed by atoms with Gasteiger partial charge in [-0.15, -0.1) is 0 Å². The van der Waals surface area contributed by atoms with Crippen molar-refractivity contribution in [2.45, 2.75) is 24.4 Å². The second-order valence-electron chi connectivity index (χ2n) is 2.70. The number of hydrogen-bond donors (Lipinski definition) is 5. The van der Waals surface area contributed by atoms with Crippen molar-refractivity contribution in [2.75, 3.05) is 6.61 Å². The van der Waals surface area contributed by atoms with Crippen LogP contribution in [-0.2, 0) is 9.59 Å². The Morgan fingerprint density at radius 3 is 2.00 bits per heavy atom. The largest absolute Gasteiger partial charge is 0.394 e. The van der Waals surface area contributed by atoms with Crippen molar-refractivity contribution in [1.82, 2.24) is 0 Å². The van der Waals surface area contributed by atoms with Gasteiger partial charge in [-0.1, -0.05) is 0 Å². The molecule has 0 heterocycles. The lowest BCUT2D eigenvalue weighted by Gasteiger charge is -2.23. The zero-order valence-electron chi connectivity index (χ0n) is 7.15. The number of carbonyl (C=O) groups excluding carboxylic acids is 2. The highest BCUT2D eigenvalue weighted by atomic mass is 16.4. The minimum Gasteiger partial charge on any atom is -0.394 e. The maximum Gasteiger partial charge on any atom is 0.226 e. The fraction of sp³-hybridized carbons (Fsp3) is 0.714. The molecule has 0 aliphatic carbocycles. The molecular formula is C7H12O7. The molecule has 82 valence electrons. The summed E-state index contributed by atoms with van der Waals surface area (Å²) in [5.74, 6) is -1.32. The van der Waals surface area contributed by atoms with Crippen LogP contribution in [0.3, 0.4) is 0 Å². The third-order valence-electron chi connectivity index (χ3n) is 1.66. The molecule has 14 heavy (non-hydrogen) atoms. The second-order valence-corrected chi connectivity index (χ2v) is 2.70. The molecule has 0 radical (unpaired) electrons. The van der Waals surface area contributed by atoms with Gasteiger partial charge in [-0.2, -0.15) is 0 Å². The predicted octanol–water partition coefficient (Wildman–Crippen LogP) is -3.81. The molecule has 7 heteroatoms. The maximum atomic E-state index is 10.5. The van der Waals surface area contributed by atoms with Gasteiger partial charge in [0.2, 0.25) is 5.78 Å². The smallest absolute Gasteiger partial charge is 0.226 e. The minimum absolute atomic E-state index is 0.216. The molecule has 0 amide bonds. The minimum atomic E-state index is -2.11. The highest BCUT2D eigenvalue weighted by Crippen LogP contribution is 2.05. The number of aliphatic hydroxyl groups excluding tert-OH is 5. The third-order valence-corrected chi connectivity index (χ3v) is 1.66. The molecule has 0 fully saturated rings. The van der Waals surface area contributed by atoms with E-state index >= 15 is 0 Å². The van der Waals surface area contributed by atoms with E-state index in [1.807, 2.05) is 0 Å². The molecule has 0 aliphatic rings. The molecule has 5 N–H and O–H groups in total. The molecule has 0 aliphatic heterocycles. The monoisotopic (exact) mass is 208 g/mol. The van der Waals surface area contributed by atoms with Crippen LogP contribution in [0.15, 0.2) is 0 Å². The summed E-state index contributed by atoms with van der Waals surface area (Å²) >= 11 is 0. The van der Waals surface area contributed by atoms with Gasteiger partial charge in [0, 0.05) is 0 Å². The highest BCUT2D eigenvalue weighted by molar-refractivity contribution is 6.27. The number of aldehydes is 1. The van der Waals surface area contributed by atoms with Crippen LogP contribution in [0, 0.1) is 0 Å². The topological polar surface area (TPSA) is 135 Å². The Bertz CT molecular complexity index is 204. The summed E-state index contributed by atoms with van der Waals surface area (Å²) in [4.78, 5) is 20.4. The lowest BCUT2D eigenvalue weighted by atomic mass is 10.0. The van der Waals surface area contributed by atoms with Crippen molar-refractivity contribution in [3.05, 3.63) is 0 Å². The van der Waals surface area contributed by atoms with E-state index in [1.165, 1.54) is 0 Å². The lowest BCUT2D eigenvalue weighted by molar-refractivity contribution is -0.150. The molecule has 0 aromatic heterocycles. The number of ketones is 1. The van der Waals surface area contributed by atoms with Gasteiger partial charge in [0.15, 0.2) is 6.29 Å². The Morgan fingerprint density at radius 2 is 1.64 bits per heavy atom. The Hall–Kier alpha value is -0.860. The van der Waals surface area contributed by atoms with Crippen molar-refractivity contribution < 1.29 is 35.1 Å². The van der Waals surface area contributed by atoms with Crippen LogP contribution in [0.2, 0.25) is 0 Å². The van der Waals surface area contributed by atoms with Crippen molar-refractivity contribution >= 4 is 12.1 Å². The van der Waals surface area contributed by atoms with E-state index in [0.717, 1.165) is 0 Å². The second kappa shape index (κ2) is 5.78. The van der Waals surface area contributed by atoms with E-state index in [-0.39, 0.29) is 6.29 Å². The summed E-state index contributed by atoms with van der Waals surface area (Å²) in [5.41, 5.74) is 0. The van der Waals surface area contributed by atoms with E-state index in [4.69, 9.17) is 25.5 Å². The first kappa shape index (κ1) is 13.1. The van der Waals surface area contributed by atoms with Crippen LogP contribution in [0.25, 0.3) is 0 Å². The maximum absolute atomic E-state index is 10.5. The number of Topliss-reactive ketones (excluding diaryl/α,β-unsaturated/α-hetero) is 1. The van der Waals surface area contributed by atoms with Crippen LogP contribution >= 0.6 is 0 Å². The van der Waals surface area contributed by atoms with E-state index in [0.29, 0.717) is 0 Å².